The average molecular weight is 602 g/mol. The van der Waals surface area contributed by atoms with E-state index in [1.165, 1.54) is 6.33 Å². The number of rotatable bonds is 11. The number of para-hydroxylation sites is 1. The summed E-state index contributed by atoms with van der Waals surface area (Å²) in [5, 5.41) is 6.26. The highest BCUT2D eigenvalue weighted by molar-refractivity contribution is 5.94. The van der Waals surface area contributed by atoms with Crippen LogP contribution in [-0.2, 0) is 11.3 Å². The van der Waals surface area contributed by atoms with Crippen LogP contribution >= 0.6 is 0 Å². The van der Waals surface area contributed by atoms with Gasteiger partial charge in [0, 0.05) is 43.5 Å². The smallest absolute Gasteiger partial charge is 0.319 e. The van der Waals surface area contributed by atoms with Crippen molar-refractivity contribution in [1.82, 2.24) is 20.2 Å². The molecule has 1 aromatic heterocycles. The minimum atomic E-state index is -0.339. The molecule has 2 N–H and O–H groups in total. The van der Waals surface area contributed by atoms with Crippen LogP contribution in [0.2, 0.25) is 0 Å². The third-order valence-electron chi connectivity index (χ3n) is 7.28. The number of urea groups is 1. The third kappa shape index (κ3) is 7.04. The molecule has 0 radical (unpaired) electrons. The third-order valence-corrected chi connectivity index (χ3v) is 7.28. The van der Waals surface area contributed by atoms with Crippen LogP contribution in [0.4, 0.5) is 10.5 Å². The van der Waals surface area contributed by atoms with E-state index in [-0.39, 0.29) is 6.03 Å². The van der Waals surface area contributed by atoms with E-state index in [2.05, 4.69) is 25.5 Å². The van der Waals surface area contributed by atoms with Crippen LogP contribution in [0.15, 0.2) is 60.9 Å². The first kappa shape index (κ1) is 29.3. The number of methoxy groups -OCH3 is 1. The van der Waals surface area contributed by atoms with Gasteiger partial charge < -0.3 is 39.1 Å². The Bertz CT molecular complexity index is 1580. The van der Waals surface area contributed by atoms with E-state index in [4.69, 9.17) is 28.4 Å². The Kier molecular flexibility index (Phi) is 9.38. The van der Waals surface area contributed by atoms with Crippen LogP contribution in [0.1, 0.15) is 12.0 Å². The summed E-state index contributed by atoms with van der Waals surface area (Å²) < 4.78 is 35.1. The van der Waals surface area contributed by atoms with Gasteiger partial charge in [0.15, 0.2) is 11.5 Å². The van der Waals surface area contributed by atoms with Gasteiger partial charge in [0.2, 0.25) is 11.6 Å². The summed E-state index contributed by atoms with van der Waals surface area (Å²) >= 11 is 0. The maximum atomic E-state index is 12.5. The van der Waals surface area contributed by atoms with Gasteiger partial charge in [0.25, 0.3) is 0 Å². The van der Waals surface area contributed by atoms with Crippen molar-refractivity contribution in [3.05, 3.63) is 66.5 Å². The minimum Gasteiger partial charge on any atom is -0.496 e. The Labute approximate surface area is 255 Å². The number of morpholine rings is 1. The Morgan fingerprint density at radius 1 is 0.955 bits per heavy atom. The molecule has 12 heteroatoms. The Morgan fingerprint density at radius 2 is 1.75 bits per heavy atom. The summed E-state index contributed by atoms with van der Waals surface area (Å²) in [6.45, 7) is 6.04. The number of nitrogens with one attached hydrogen (secondary N) is 2. The second-order valence-electron chi connectivity index (χ2n) is 10.2. The quantitative estimate of drug-likeness (QED) is 0.235. The molecule has 0 saturated carbocycles. The fourth-order valence-corrected chi connectivity index (χ4v) is 5.08. The lowest BCUT2D eigenvalue weighted by Gasteiger charge is -2.26. The maximum Gasteiger partial charge on any atom is 0.319 e. The van der Waals surface area contributed by atoms with Crippen molar-refractivity contribution in [3.8, 4) is 34.6 Å². The number of hydrogen-bond acceptors (Lipinski definition) is 10. The molecule has 0 bridgehead atoms. The van der Waals surface area contributed by atoms with Crippen molar-refractivity contribution in [2.75, 3.05) is 65.1 Å². The van der Waals surface area contributed by atoms with E-state index in [0.29, 0.717) is 77.6 Å². The van der Waals surface area contributed by atoms with Crippen LogP contribution in [0.25, 0.3) is 10.9 Å². The number of nitrogens with zero attached hydrogens (tertiary/aromatic N) is 3. The summed E-state index contributed by atoms with van der Waals surface area (Å²) in [5.41, 5.74) is 2.10. The zero-order valence-electron chi connectivity index (χ0n) is 24.5. The number of hydrogen-bond donors (Lipinski definition) is 2. The van der Waals surface area contributed by atoms with E-state index in [1.54, 1.807) is 31.4 Å². The first-order chi connectivity index (χ1) is 21.7. The fourth-order valence-electron chi connectivity index (χ4n) is 5.08. The van der Waals surface area contributed by atoms with Crippen LogP contribution in [-0.4, -0.2) is 80.7 Å². The second kappa shape index (κ2) is 14.1. The van der Waals surface area contributed by atoms with Gasteiger partial charge in [-0.05, 0) is 36.8 Å². The maximum absolute atomic E-state index is 12.5. The molecule has 2 amide bonds. The number of amides is 2. The van der Waals surface area contributed by atoms with Crippen LogP contribution in [0, 0.1) is 0 Å². The van der Waals surface area contributed by atoms with Crippen molar-refractivity contribution in [2.24, 2.45) is 0 Å². The van der Waals surface area contributed by atoms with Crippen LogP contribution < -0.4 is 34.3 Å². The molecule has 0 unspecified atom stereocenters. The predicted octanol–water partition coefficient (Wildman–Crippen LogP) is 4.62. The standard InChI is InChI=1S/C32H35N5O7/c1-39-26-6-3-2-5-22(26)20-33-32(38)36-23-7-9-24(10-8-23)44-31-28-25(34-21-35-31)19-27(29-30(28)43-18-17-42-29)41-14-4-11-37-12-15-40-16-13-37/h2-3,5-10,19,21H,4,11-18,20H2,1H3,(H2,33,36,38). The number of fused-ring (bicyclic) bond motifs is 3. The predicted molar refractivity (Wildman–Crippen MR) is 163 cm³/mol. The van der Waals surface area contributed by atoms with Gasteiger partial charge in [0.05, 0.1) is 32.4 Å². The van der Waals surface area contributed by atoms with Gasteiger partial charge in [-0.3, -0.25) is 4.90 Å². The number of carbonyl (C=O) groups is 1. The number of anilines is 1. The highest BCUT2D eigenvalue weighted by atomic mass is 16.6. The summed E-state index contributed by atoms with van der Waals surface area (Å²) in [7, 11) is 1.60. The monoisotopic (exact) mass is 601 g/mol. The molecule has 2 aliphatic rings. The molecule has 12 nitrogen and oxygen atoms in total. The topological polar surface area (TPSA) is 126 Å². The van der Waals surface area contributed by atoms with Crippen molar-refractivity contribution in [1.29, 1.82) is 0 Å². The molecule has 1 fully saturated rings. The molecule has 3 heterocycles. The van der Waals surface area contributed by atoms with Crippen LogP contribution in [0.3, 0.4) is 0 Å². The molecule has 2 aliphatic heterocycles. The van der Waals surface area contributed by atoms with Crippen molar-refractivity contribution >= 4 is 22.6 Å². The zero-order valence-corrected chi connectivity index (χ0v) is 24.5. The largest absolute Gasteiger partial charge is 0.496 e. The summed E-state index contributed by atoms with van der Waals surface area (Å²) in [6.07, 6.45) is 2.32. The number of carbonyl (C=O) groups excluding carboxylic acids is 1. The van der Waals surface area contributed by atoms with Crippen molar-refractivity contribution < 1.29 is 33.2 Å². The molecule has 44 heavy (non-hydrogen) atoms. The second-order valence-corrected chi connectivity index (χ2v) is 10.2. The normalized spacial score (nSPS) is 14.6. The van der Waals surface area contributed by atoms with Gasteiger partial charge >= 0.3 is 6.03 Å². The van der Waals surface area contributed by atoms with Crippen molar-refractivity contribution in [3.63, 3.8) is 0 Å². The molecule has 3 aromatic carbocycles. The van der Waals surface area contributed by atoms with E-state index < -0.39 is 0 Å². The molecule has 6 rings (SSSR count). The summed E-state index contributed by atoms with van der Waals surface area (Å²) in [5.74, 6) is 3.17. The Hall–Kier alpha value is -4.81. The lowest BCUT2D eigenvalue weighted by molar-refractivity contribution is 0.0357. The highest BCUT2D eigenvalue weighted by Crippen LogP contribution is 2.47. The minimum absolute atomic E-state index is 0.325. The summed E-state index contributed by atoms with van der Waals surface area (Å²) in [4.78, 5) is 23.7. The van der Waals surface area contributed by atoms with Crippen molar-refractivity contribution in [2.45, 2.75) is 13.0 Å². The van der Waals surface area contributed by atoms with E-state index >= 15 is 0 Å². The molecular formula is C32H35N5O7. The van der Waals surface area contributed by atoms with Gasteiger partial charge in [-0.1, -0.05) is 18.2 Å². The van der Waals surface area contributed by atoms with Gasteiger partial charge in [-0.2, -0.15) is 0 Å². The van der Waals surface area contributed by atoms with Gasteiger partial charge in [0.1, 0.15) is 36.4 Å². The molecule has 1 saturated heterocycles. The molecule has 0 aliphatic carbocycles. The molecule has 0 atom stereocenters. The highest BCUT2D eigenvalue weighted by Gasteiger charge is 2.25. The van der Waals surface area contributed by atoms with Gasteiger partial charge in [-0.25, -0.2) is 14.8 Å². The SMILES string of the molecule is COc1ccccc1CNC(=O)Nc1ccc(Oc2ncnc3cc(OCCCN4CCOCC4)c4c(c23)OCCO4)cc1. The lowest BCUT2D eigenvalue weighted by Crippen LogP contribution is -2.37. The molecular weight excluding hydrogens is 566 g/mol. The number of ether oxygens (including phenoxy) is 6. The number of benzene rings is 3. The zero-order chi connectivity index (χ0) is 30.1. The average Bonchev–Trinajstić information content (AvgIpc) is 3.07. The Balaban J connectivity index is 1.11. The Morgan fingerprint density at radius 3 is 2.57 bits per heavy atom. The first-order valence-corrected chi connectivity index (χ1v) is 14.6. The van der Waals surface area contributed by atoms with Gasteiger partial charge in [-0.15, -0.1) is 0 Å². The molecule has 4 aromatic rings. The first-order valence-electron chi connectivity index (χ1n) is 14.6. The van der Waals surface area contributed by atoms with Crippen LogP contribution in [0.5, 0.6) is 34.6 Å². The number of aromatic nitrogens is 2. The molecule has 230 valence electrons. The lowest BCUT2D eigenvalue weighted by atomic mass is 10.1. The van der Waals surface area contributed by atoms with E-state index in [1.807, 2.05) is 30.3 Å². The fraction of sp³-hybridized carbons (Fsp3) is 0.344. The van der Waals surface area contributed by atoms with E-state index in [0.717, 1.165) is 44.8 Å². The van der Waals surface area contributed by atoms with E-state index in [9.17, 15) is 4.79 Å². The summed E-state index contributed by atoms with van der Waals surface area (Å²) in [6, 6.07) is 16.0. The molecule has 0 spiro atoms.